The molecule has 1 aromatic carbocycles. The number of carbonyl (C=O) groups is 1. The number of nitrogens with one attached hydrogen (secondary N) is 1. The lowest BCUT2D eigenvalue weighted by Gasteiger charge is -2.15. The molecular weight excluding hydrogens is 332 g/mol. The summed E-state index contributed by atoms with van der Waals surface area (Å²) in [4.78, 5) is 28.6. The van der Waals surface area contributed by atoms with Gasteiger partial charge in [-0.15, -0.1) is 0 Å². The van der Waals surface area contributed by atoms with Gasteiger partial charge in [-0.2, -0.15) is 5.10 Å². The molecule has 2 aromatic heterocycles. The van der Waals surface area contributed by atoms with Crippen molar-refractivity contribution in [2.45, 2.75) is 13.0 Å². The molecule has 0 aliphatic carbocycles. The number of anilines is 1. The molecule has 26 heavy (non-hydrogen) atoms. The van der Waals surface area contributed by atoms with Gasteiger partial charge in [0.2, 0.25) is 5.91 Å². The van der Waals surface area contributed by atoms with E-state index in [1.54, 1.807) is 38.4 Å². The van der Waals surface area contributed by atoms with Crippen molar-refractivity contribution in [2.24, 2.45) is 0 Å². The van der Waals surface area contributed by atoms with Gasteiger partial charge >= 0.3 is 0 Å². The normalized spacial score (nSPS) is 11.6. The zero-order valence-electron chi connectivity index (χ0n) is 14.4. The Morgan fingerprint density at radius 1 is 1.15 bits per heavy atom. The highest BCUT2D eigenvalue weighted by Crippen LogP contribution is 2.20. The number of amides is 1. The van der Waals surface area contributed by atoms with Crippen LogP contribution in [0.3, 0.4) is 0 Å². The summed E-state index contributed by atoms with van der Waals surface area (Å²) in [5, 5.41) is 7.07. The monoisotopic (exact) mass is 350 g/mol. The molecule has 7 heteroatoms. The quantitative estimate of drug-likeness (QED) is 0.764. The van der Waals surface area contributed by atoms with Crippen LogP contribution in [0.5, 0.6) is 5.75 Å². The largest absolute Gasteiger partial charge is 0.497 e. The van der Waals surface area contributed by atoms with Crippen LogP contribution < -0.4 is 15.6 Å². The van der Waals surface area contributed by atoms with E-state index in [2.05, 4.69) is 15.4 Å². The van der Waals surface area contributed by atoms with Gasteiger partial charge in [0.25, 0.3) is 5.56 Å². The maximum Gasteiger partial charge on any atom is 0.267 e. The van der Waals surface area contributed by atoms with Crippen LogP contribution in [0.1, 0.15) is 13.0 Å². The molecule has 3 aromatic rings. The number of aromatic nitrogens is 3. The molecule has 3 rings (SSSR count). The van der Waals surface area contributed by atoms with E-state index in [-0.39, 0.29) is 11.5 Å². The maximum absolute atomic E-state index is 12.4. The molecule has 132 valence electrons. The number of hydrogen-bond acceptors (Lipinski definition) is 5. The minimum absolute atomic E-state index is 0.348. The van der Waals surface area contributed by atoms with E-state index in [1.807, 2.05) is 24.3 Å². The van der Waals surface area contributed by atoms with E-state index in [0.29, 0.717) is 11.4 Å². The Bertz CT molecular complexity index is 953. The second-order valence-corrected chi connectivity index (χ2v) is 5.64. The first-order valence-electron chi connectivity index (χ1n) is 8.03. The predicted molar refractivity (Wildman–Crippen MR) is 98.1 cm³/mol. The number of methoxy groups -OCH3 is 1. The van der Waals surface area contributed by atoms with Crippen LogP contribution in [-0.4, -0.2) is 27.8 Å². The molecule has 0 aliphatic heterocycles. The Labute approximate surface area is 150 Å². The van der Waals surface area contributed by atoms with Crippen LogP contribution >= 0.6 is 0 Å². The Kier molecular flexibility index (Phi) is 5.07. The number of nitrogens with zero attached hydrogens (tertiary/aromatic N) is 3. The molecule has 2 heterocycles. The molecule has 0 aliphatic rings. The average molecular weight is 350 g/mol. The summed E-state index contributed by atoms with van der Waals surface area (Å²) in [7, 11) is 1.59. The van der Waals surface area contributed by atoms with Crippen molar-refractivity contribution in [1.82, 2.24) is 14.8 Å². The van der Waals surface area contributed by atoms with Gasteiger partial charge in [-0.3, -0.25) is 14.6 Å². The molecule has 0 radical (unpaired) electrons. The Morgan fingerprint density at radius 2 is 1.92 bits per heavy atom. The van der Waals surface area contributed by atoms with Crippen molar-refractivity contribution < 1.29 is 9.53 Å². The molecule has 7 nitrogen and oxygen atoms in total. The topological polar surface area (TPSA) is 86.1 Å². The van der Waals surface area contributed by atoms with E-state index in [4.69, 9.17) is 4.74 Å². The first kappa shape index (κ1) is 17.3. The zero-order valence-corrected chi connectivity index (χ0v) is 14.4. The van der Waals surface area contributed by atoms with Gasteiger partial charge < -0.3 is 10.1 Å². The number of hydrogen-bond donors (Lipinski definition) is 1. The van der Waals surface area contributed by atoms with Crippen LogP contribution in [0.4, 0.5) is 5.69 Å². The molecule has 0 fully saturated rings. The fraction of sp³-hybridized carbons (Fsp3) is 0.158. The van der Waals surface area contributed by atoms with E-state index >= 15 is 0 Å². The Hall–Kier alpha value is -3.48. The van der Waals surface area contributed by atoms with Crippen molar-refractivity contribution in [1.29, 1.82) is 0 Å². The molecule has 1 amide bonds. The van der Waals surface area contributed by atoms with Crippen molar-refractivity contribution in [3.8, 4) is 17.0 Å². The van der Waals surface area contributed by atoms with Gasteiger partial charge in [0, 0.05) is 17.8 Å². The third-order valence-corrected chi connectivity index (χ3v) is 3.89. The second kappa shape index (κ2) is 7.60. The van der Waals surface area contributed by atoms with Gasteiger partial charge in [0.1, 0.15) is 11.8 Å². The maximum atomic E-state index is 12.4. The Morgan fingerprint density at radius 3 is 2.58 bits per heavy atom. The third-order valence-electron chi connectivity index (χ3n) is 3.89. The van der Waals surface area contributed by atoms with E-state index < -0.39 is 6.04 Å². The summed E-state index contributed by atoms with van der Waals surface area (Å²) in [6, 6.07) is 13.0. The predicted octanol–water partition coefficient (Wildman–Crippen LogP) is 2.51. The summed E-state index contributed by atoms with van der Waals surface area (Å²) in [5.74, 6) is 0.380. The first-order valence-corrected chi connectivity index (χ1v) is 8.03. The van der Waals surface area contributed by atoms with E-state index in [0.717, 1.165) is 11.3 Å². The van der Waals surface area contributed by atoms with Crippen molar-refractivity contribution in [3.63, 3.8) is 0 Å². The third kappa shape index (κ3) is 3.77. The standard InChI is InChI=1S/C19H18N4O3/c1-13(19(25)21-15-4-3-11-20-12-15)23-18(24)10-9-17(22-23)14-5-7-16(26-2)8-6-14/h3-13H,1-2H3,(H,21,25). The summed E-state index contributed by atoms with van der Waals surface area (Å²) in [6.07, 6.45) is 3.15. The van der Waals surface area contributed by atoms with Crippen molar-refractivity contribution in [2.75, 3.05) is 12.4 Å². The van der Waals surface area contributed by atoms with Gasteiger partial charge in [-0.25, -0.2) is 4.68 Å². The summed E-state index contributed by atoms with van der Waals surface area (Å²) < 4.78 is 6.31. The fourth-order valence-corrected chi connectivity index (χ4v) is 2.41. The molecule has 0 saturated heterocycles. The average Bonchev–Trinajstić information content (AvgIpc) is 2.68. The number of carbonyl (C=O) groups excluding carboxylic acids is 1. The van der Waals surface area contributed by atoms with Crippen LogP contribution in [0, 0.1) is 0 Å². The minimum Gasteiger partial charge on any atom is -0.497 e. The first-order chi connectivity index (χ1) is 12.6. The highest BCUT2D eigenvalue weighted by atomic mass is 16.5. The number of ether oxygens (including phenoxy) is 1. The molecule has 0 spiro atoms. The van der Waals surface area contributed by atoms with Crippen LogP contribution in [-0.2, 0) is 4.79 Å². The minimum atomic E-state index is -0.777. The number of benzene rings is 1. The number of pyridine rings is 1. The van der Waals surface area contributed by atoms with Gasteiger partial charge in [-0.05, 0) is 49.4 Å². The lowest BCUT2D eigenvalue weighted by atomic mass is 10.1. The van der Waals surface area contributed by atoms with Gasteiger partial charge in [-0.1, -0.05) is 0 Å². The second-order valence-electron chi connectivity index (χ2n) is 5.64. The van der Waals surface area contributed by atoms with Crippen molar-refractivity contribution >= 4 is 11.6 Å². The molecule has 0 bridgehead atoms. The highest BCUT2D eigenvalue weighted by Gasteiger charge is 2.18. The SMILES string of the molecule is COc1ccc(-c2ccc(=O)n(C(C)C(=O)Nc3cccnc3)n2)cc1. The van der Waals surface area contributed by atoms with Crippen LogP contribution in [0.15, 0.2) is 65.7 Å². The highest BCUT2D eigenvalue weighted by molar-refractivity contribution is 5.93. The zero-order chi connectivity index (χ0) is 18.5. The molecule has 1 atom stereocenters. The van der Waals surface area contributed by atoms with E-state index in [9.17, 15) is 9.59 Å². The fourth-order valence-electron chi connectivity index (χ4n) is 2.41. The molecule has 0 saturated carbocycles. The molecule has 1 N–H and O–H groups in total. The Balaban J connectivity index is 1.86. The van der Waals surface area contributed by atoms with Gasteiger partial charge in [0.15, 0.2) is 0 Å². The van der Waals surface area contributed by atoms with Gasteiger partial charge in [0.05, 0.1) is 24.7 Å². The van der Waals surface area contributed by atoms with E-state index in [1.165, 1.54) is 16.9 Å². The summed E-state index contributed by atoms with van der Waals surface area (Å²) in [5.41, 5.74) is 1.62. The van der Waals surface area contributed by atoms with Crippen LogP contribution in [0.25, 0.3) is 11.3 Å². The summed E-state index contributed by atoms with van der Waals surface area (Å²) in [6.45, 7) is 1.62. The smallest absolute Gasteiger partial charge is 0.267 e. The number of rotatable bonds is 5. The lowest BCUT2D eigenvalue weighted by molar-refractivity contribution is -0.119. The lowest BCUT2D eigenvalue weighted by Crippen LogP contribution is -2.33. The molecular formula is C19H18N4O3. The summed E-state index contributed by atoms with van der Waals surface area (Å²) >= 11 is 0. The van der Waals surface area contributed by atoms with Crippen LogP contribution in [0.2, 0.25) is 0 Å². The molecule has 1 unspecified atom stereocenters. The van der Waals surface area contributed by atoms with Crippen molar-refractivity contribution in [3.05, 3.63) is 71.3 Å².